The van der Waals surface area contributed by atoms with Crippen molar-refractivity contribution in [2.75, 3.05) is 18.9 Å². The lowest BCUT2D eigenvalue weighted by Gasteiger charge is -2.20. The second-order valence-electron chi connectivity index (χ2n) is 4.49. The molecule has 108 valence electrons. The Labute approximate surface area is 116 Å². The molecule has 7 heteroatoms. The highest BCUT2D eigenvalue weighted by molar-refractivity contribution is 5.94. The molecule has 1 rings (SSSR count). The Morgan fingerprint density at radius 1 is 1.30 bits per heavy atom. The first-order chi connectivity index (χ1) is 9.31. The number of anilines is 1. The van der Waals surface area contributed by atoms with E-state index >= 15 is 0 Å². The maximum absolute atomic E-state index is 11.8. The van der Waals surface area contributed by atoms with Gasteiger partial charge in [-0.25, -0.2) is 4.79 Å². The molecule has 1 unspecified atom stereocenters. The molecule has 20 heavy (non-hydrogen) atoms. The Bertz CT molecular complexity index is 513. The molecule has 1 aromatic carbocycles. The van der Waals surface area contributed by atoms with Gasteiger partial charge in [-0.15, -0.1) is 0 Å². The highest BCUT2D eigenvalue weighted by atomic mass is 16.4. The quantitative estimate of drug-likeness (QED) is 0.745. The third kappa shape index (κ3) is 4.27. The first kappa shape index (κ1) is 15.5. The highest BCUT2D eigenvalue weighted by Crippen LogP contribution is 2.10. The van der Waals surface area contributed by atoms with Gasteiger partial charge in [-0.05, 0) is 24.3 Å². The molecule has 1 aromatic rings. The Kier molecular flexibility index (Phi) is 5.08. The van der Waals surface area contributed by atoms with Gasteiger partial charge in [0, 0.05) is 24.8 Å². The van der Waals surface area contributed by atoms with Crippen LogP contribution in [0.4, 0.5) is 10.5 Å². The maximum atomic E-state index is 11.8. The lowest BCUT2D eigenvalue weighted by Crippen LogP contribution is -2.36. The van der Waals surface area contributed by atoms with E-state index in [1.54, 1.807) is 12.1 Å². The minimum Gasteiger partial charge on any atom is -0.481 e. The third-order valence-electron chi connectivity index (χ3n) is 2.74. The van der Waals surface area contributed by atoms with Gasteiger partial charge in [-0.1, -0.05) is 6.92 Å². The van der Waals surface area contributed by atoms with E-state index in [2.05, 4.69) is 5.32 Å². The van der Waals surface area contributed by atoms with Crippen LogP contribution in [0.1, 0.15) is 17.3 Å². The third-order valence-corrected chi connectivity index (χ3v) is 2.74. The fourth-order valence-corrected chi connectivity index (χ4v) is 1.51. The summed E-state index contributed by atoms with van der Waals surface area (Å²) >= 11 is 0. The van der Waals surface area contributed by atoms with Crippen molar-refractivity contribution >= 4 is 23.6 Å². The van der Waals surface area contributed by atoms with E-state index in [1.165, 1.54) is 31.0 Å². The summed E-state index contributed by atoms with van der Waals surface area (Å²) in [7, 11) is 1.51. The van der Waals surface area contributed by atoms with Crippen LogP contribution in [-0.2, 0) is 4.79 Å². The van der Waals surface area contributed by atoms with Crippen LogP contribution in [0.15, 0.2) is 24.3 Å². The second kappa shape index (κ2) is 6.55. The molecule has 0 spiro atoms. The van der Waals surface area contributed by atoms with Gasteiger partial charge in [-0.2, -0.15) is 0 Å². The van der Waals surface area contributed by atoms with Crippen molar-refractivity contribution < 1.29 is 19.5 Å². The number of rotatable bonds is 5. The van der Waals surface area contributed by atoms with Crippen LogP contribution in [0.3, 0.4) is 0 Å². The number of carbonyl (C=O) groups is 3. The van der Waals surface area contributed by atoms with Crippen LogP contribution in [0.5, 0.6) is 0 Å². The van der Waals surface area contributed by atoms with E-state index in [4.69, 9.17) is 10.8 Å². The van der Waals surface area contributed by atoms with Crippen LogP contribution >= 0.6 is 0 Å². The van der Waals surface area contributed by atoms with Gasteiger partial charge in [0.1, 0.15) is 0 Å². The average Bonchev–Trinajstić information content (AvgIpc) is 2.38. The van der Waals surface area contributed by atoms with Crippen molar-refractivity contribution in [2.24, 2.45) is 11.7 Å². The molecule has 0 saturated carbocycles. The number of nitrogens with one attached hydrogen (secondary N) is 1. The van der Waals surface area contributed by atoms with Crippen molar-refractivity contribution in [3.05, 3.63) is 29.8 Å². The number of aliphatic carboxylic acids is 1. The first-order valence-corrected chi connectivity index (χ1v) is 5.96. The summed E-state index contributed by atoms with van der Waals surface area (Å²) in [6, 6.07) is 5.67. The Balaban J connectivity index is 2.61. The highest BCUT2D eigenvalue weighted by Gasteiger charge is 2.17. The van der Waals surface area contributed by atoms with Gasteiger partial charge in [0.25, 0.3) is 0 Å². The molecule has 1 atom stereocenters. The second-order valence-corrected chi connectivity index (χ2v) is 4.49. The molecule has 0 heterocycles. The number of nitrogens with zero attached hydrogens (tertiary/aromatic N) is 1. The van der Waals surface area contributed by atoms with E-state index in [0.29, 0.717) is 11.3 Å². The molecule has 0 aliphatic heterocycles. The molecule has 0 radical (unpaired) electrons. The predicted molar refractivity (Wildman–Crippen MR) is 73.4 cm³/mol. The fraction of sp³-hybridized carbons (Fsp3) is 0.308. The number of carboxylic acid groups (broad SMARTS) is 1. The molecule has 4 N–H and O–H groups in total. The van der Waals surface area contributed by atoms with Gasteiger partial charge in [0.15, 0.2) is 0 Å². The summed E-state index contributed by atoms with van der Waals surface area (Å²) < 4.78 is 0. The van der Waals surface area contributed by atoms with Crippen molar-refractivity contribution in [3.8, 4) is 0 Å². The minimum absolute atomic E-state index is 0.0978. The molecular weight excluding hydrogens is 262 g/mol. The summed E-state index contributed by atoms with van der Waals surface area (Å²) in [6.45, 7) is 1.62. The van der Waals surface area contributed by atoms with Crippen LogP contribution in [0.25, 0.3) is 0 Å². The normalized spacial score (nSPS) is 11.5. The summed E-state index contributed by atoms with van der Waals surface area (Å²) in [5.74, 6) is -2.16. The fourth-order valence-electron chi connectivity index (χ4n) is 1.51. The van der Waals surface area contributed by atoms with Crippen LogP contribution in [-0.4, -0.2) is 41.5 Å². The zero-order chi connectivity index (χ0) is 15.3. The topological polar surface area (TPSA) is 113 Å². The summed E-state index contributed by atoms with van der Waals surface area (Å²) in [4.78, 5) is 34.7. The van der Waals surface area contributed by atoms with Crippen molar-refractivity contribution in [1.29, 1.82) is 0 Å². The SMILES string of the molecule is CC(CN(C)C(=O)Nc1ccc(C(N)=O)cc1)C(=O)O. The van der Waals surface area contributed by atoms with Gasteiger partial charge >= 0.3 is 12.0 Å². The molecule has 0 aliphatic rings. The molecule has 0 aromatic heterocycles. The standard InChI is InChI=1S/C13H17N3O4/c1-8(12(18)19)7-16(2)13(20)15-10-5-3-9(4-6-10)11(14)17/h3-6,8H,7H2,1-2H3,(H2,14,17)(H,15,20)(H,18,19). The number of carboxylic acids is 1. The number of hydrogen-bond donors (Lipinski definition) is 3. The number of urea groups is 1. The van der Waals surface area contributed by atoms with Gasteiger partial charge < -0.3 is 21.1 Å². The van der Waals surface area contributed by atoms with Crippen LogP contribution in [0.2, 0.25) is 0 Å². The molecule has 0 bridgehead atoms. The van der Waals surface area contributed by atoms with Crippen molar-refractivity contribution in [3.63, 3.8) is 0 Å². The smallest absolute Gasteiger partial charge is 0.321 e. The van der Waals surface area contributed by atoms with Crippen LogP contribution in [0, 0.1) is 5.92 Å². The number of benzene rings is 1. The molecule has 3 amide bonds. The van der Waals surface area contributed by atoms with Gasteiger partial charge in [0.2, 0.25) is 5.91 Å². The van der Waals surface area contributed by atoms with Crippen molar-refractivity contribution in [1.82, 2.24) is 4.90 Å². The van der Waals surface area contributed by atoms with Gasteiger partial charge in [0.05, 0.1) is 5.92 Å². The first-order valence-electron chi connectivity index (χ1n) is 5.96. The lowest BCUT2D eigenvalue weighted by atomic mass is 10.2. The largest absolute Gasteiger partial charge is 0.481 e. The molecular formula is C13H17N3O4. The Hall–Kier alpha value is -2.57. The van der Waals surface area contributed by atoms with E-state index < -0.39 is 23.8 Å². The van der Waals surface area contributed by atoms with E-state index in [-0.39, 0.29) is 6.54 Å². The number of primary amides is 1. The number of hydrogen-bond acceptors (Lipinski definition) is 3. The van der Waals surface area contributed by atoms with E-state index in [0.717, 1.165) is 0 Å². The monoisotopic (exact) mass is 279 g/mol. The van der Waals surface area contributed by atoms with Gasteiger partial charge in [-0.3, -0.25) is 9.59 Å². The Morgan fingerprint density at radius 3 is 2.30 bits per heavy atom. The lowest BCUT2D eigenvalue weighted by molar-refractivity contribution is -0.141. The van der Waals surface area contributed by atoms with Crippen molar-refractivity contribution in [2.45, 2.75) is 6.92 Å². The average molecular weight is 279 g/mol. The van der Waals surface area contributed by atoms with Crippen LogP contribution < -0.4 is 11.1 Å². The minimum atomic E-state index is -0.963. The predicted octanol–water partition coefficient (Wildman–Crippen LogP) is 0.970. The summed E-state index contributed by atoms with van der Waals surface area (Å²) in [6.07, 6.45) is 0. The number of amides is 3. The summed E-state index contributed by atoms with van der Waals surface area (Å²) in [5.41, 5.74) is 5.94. The maximum Gasteiger partial charge on any atom is 0.321 e. The molecule has 0 aliphatic carbocycles. The van der Waals surface area contributed by atoms with E-state index in [9.17, 15) is 14.4 Å². The molecule has 7 nitrogen and oxygen atoms in total. The Morgan fingerprint density at radius 2 is 1.85 bits per heavy atom. The zero-order valence-corrected chi connectivity index (χ0v) is 11.3. The molecule has 0 fully saturated rings. The molecule has 0 saturated heterocycles. The number of carbonyl (C=O) groups excluding carboxylic acids is 2. The van der Waals surface area contributed by atoms with E-state index in [1.807, 2.05) is 0 Å². The summed E-state index contributed by atoms with van der Waals surface area (Å²) in [5, 5.41) is 11.4. The zero-order valence-electron chi connectivity index (χ0n) is 11.3. The number of nitrogens with two attached hydrogens (primary N) is 1.